The molecule has 0 bridgehead atoms. The van der Waals surface area contributed by atoms with Gasteiger partial charge in [0.25, 0.3) is 0 Å². The third kappa shape index (κ3) is 3.03. The van der Waals surface area contributed by atoms with Gasteiger partial charge in [-0.25, -0.2) is 0 Å². The quantitative estimate of drug-likeness (QED) is 0.777. The van der Waals surface area contributed by atoms with Crippen molar-refractivity contribution in [3.63, 3.8) is 0 Å². The number of aliphatic hydroxyl groups excluding tert-OH is 1. The Morgan fingerprint density at radius 1 is 1.56 bits per heavy atom. The van der Waals surface area contributed by atoms with Crippen LogP contribution in [0.15, 0.2) is 24.5 Å². The van der Waals surface area contributed by atoms with E-state index in [-0.39, 0.29) is 12.0 Å². The van der Waals surface area contributed by atoms with E-state index < -0.39 is 0 Å². The molecular formula is C12H16N2O2. The molecule has 1 aliphatic rings. The van der Waals surface area contributed by atoms with E-state index in [0.717, 1.165) is 18.4 Å². The van der Waals surface area contributed by atoms with Crippen LogP contribution >= 0.6 is 0 Å². The summed E-state index contributed by atoms with van der Waals surface area (Å²) in [6, 6.07) is 3.71. The number of hydrogen-bond acceptors (Lipinski definition) is 3. The Labute approximate surface area is 94.7 Å². The zero-order valence-electron chi connectivity index (χ0n) is 9.10. The van der Waals surface area contributed by atoms with Crippen molar-refractivity contribution in [3.8, 4) is 0 Å². The minimum atomic E-state index is -0.153. The van der Waals surface area contributed by atoms with E-state index in [1.165, 1.54) is 0 Å². The van der Waals surface area contributed by atoms with Crippen molar-refractivity contribution in [1.29, 1.82) is 0 Å². The Morgan fingerprint density at radius 3 is 3.00 bits per heavy atom. The molecule has 1 heterocycles. The number of rotatable bonds is 4. The van der Waals surface area contributed by atoms with Crippen molar-refractivity contribution in [3.05, 3.63) is 30.1 Å². The molecule has 4 heteroatoms. The molecule has 1 fully saturated rings. The number of nitrogens with zero attached hydrogens (tertiary/aromatic N) is 1. The van der Waals surface area contributed by atoms with Crippen LogP contribution in [0.1, 0.15) is 18.4 Å². The number of nitrogens with one attached hydrogen (secondary N) is 1. The summed E-state index contributed by atoms with van der Waals surface area (Å²) < 4.78 is 0. The molecule has 1 aliphatic carbocycles. The zero-order valence-corrected chi connectivity index (χ0v) is 9.10. The summed E-state index contributed by atoms with van der Waals surface area (Å²) in [7, 11) is 0. The fourth-order valence-electron chi connectivity index (χ4n) is 1.88. The molecular weight excluding hydrogens is 204 g/mol. The molecule has 0 unspecified atom stereocenters. The average molecular weight is 220 g/mol. The van der Waals surface area contributed by atoms with Gasteiger partial charge in [0, 0.05) is 18.9 Å². The second kappa shape index (κ2) is 5.07. The topological polar surface area (TPSA) is 62.2 Å². The van der Waals surface area contributed by atoms with E-state index in [0.29, 0.717) is 18.9 Å². The molecule has 2 rings (SSSR count). The molecule has 16 heavy (non-hydrogen) atoms. The Morgan fingerprint density at radius 2 is 2.38 bits per heavy atom. The minimum absolute atomic E-state index is 0.0226. The van der Waals surface area contributed by atoms with Gasteiger partial charge < -0.3 is 10.4 Å². The largest absolute Gasteiger partial charge is 0.393 e. The SMILES string of the molecule is O=C(Cc1cccnc1)NCC1CC(O)C1. The Kier molecular flexibility index (Phi) is 3.51. The Hall–Kier alpha value is -1.42. The number of carbonyl (C=O) groups excluding carboxylic acids is 1. The zero-order chi connectivity index (χ0) is 11.4. The number of aliphatic hydroxyl groups is 1. The second-order valence-corrected chi connectivity index (χ2v) is 4.33. The van der Waals surface area contributed by atoms with Crippen LogP contribution in [0, 0.1) is 5.92 Å². The Balaban J connectivity index is 1.69. The highest BCUT2D eigenvalue weighted by atomic mass is 16.3. The molecule has 0 aromatic carbocycles. The maximum atomic E-state index is 11.5. The summed E-state index contributed by atoms with van der Waals surface area (Å²) in [5, 5.41) is 12.0. The highest BCUT2D eigenvalue weighted by molar-refractivity contribution is 5.78. The lowest BCUT2D eigenvalue weighted by atomic mass is 9.82. The second-order valence-electron chi connectivity index (χ2n) is 4.33. The fourth-order valence-corrected chi connectivity index (χ4v) is 1.88. The molecule has 1 saturated carbocycles. The van der Waals surface area contributed by atoms with Crippen LogP contribution in [0.5, 0.6) is 0 Å². The standard InChI is InChI=1S/C12H16N2O2/c15-11-4-10(5-11)8-14-12(16)6-9-2-1-3-13-7-9/h1-3,7,10-11,15H,4-6,8H2,(H,14,16). The van der Waals surface area contributed by atoms with Gasteiger partial charge >= 0.3 is 0 Å². The number of amides is 1. The summed E-state index contributed by atoms with van der Waals surface area (Å²) in [4.78, 5) is 15.5. The van der Waals surface area contributed by atoms with Gasteiger partial charge in [-0.1, -0.05) is 6.07 Å². The van der Waals surface area contributed by atoms with Gasteiger partial charge in [0.1, 0.15) is 0 Å². The predicted octanol–water partition coefficient (Wildman–Crippen LogP) is 0.511. The highest BCUT2D eigenvalue weighted by Crippen LogP contribution is 2.25. The lowest BCUT2D eigenvalue weighted by molar-refractivity contribution is -0.121. The van der Waals surface area contributed by atoms with Gasteiger partial charge in [-0.15, -0.1) is 0 Å². The number of aromatic nitrogens is 1. The van der Waals surface area contributed by atoms with E-state index in [1.54, 1.807) is 12.4 Å². The summed E-state index contributed by atoms with van der Waals surface area (Å²) in [6.45, 7) is 0.677. The van der Waals surface area contributed by atoms with Gasteiger partial charge in [0.05, 0.1) is 12.5 Å². The van der Waals surface area contributed by atoms with E-state index in [2.05, 4.69) is 10.3 Å². The number of carbonyl (C=O) groups is 1. The van der Waals surface area contributed by atoms with Crippen LogP contribution in [-0.4, -0.2) is 28.6 Å². The Bertz CT molecular complexity index is 347. The average Bonchev–Trinajstić information content (AvgIpc) is 2.24. The highest BCUT2D eigenvalue weighted by Gasteiger charge is 2.26. The molecule has 0 spiro atoms. The normalized spacial score (nSPS) is 23.6. The van der Waals surface area contributed by atoms with Crippen LogP contribution in [0.25, 0.3) is 0 Å². The van der Waals surface area contributed by atoms with Crippen molar-refractivity contribution < 1.29 is 9.90 Å². The van der Waals surface area contributed by atoms with Crippen LogP contribution in [-0.2, 0) is 11.2 Å². The lowest BCUT2D eigenvalue weighted by Gasteiger charge is -2.31. The van der Waals surface area contributed by atoms with E-state index >= 15 is 0 Å². The maximum absolute atomic E-state index is 11.5. The third-order valence-corrected chi connectivity index (χ3v) is 2.89. The molecule has 86 valence electrons. The molecule has 2 N–H and O–H groups in total. The van der Waals surface area contributed by atoms with Crippen molar-refractivity contribution in [1.82, 2.24) is 10.3 Å². The van der Waals surface area contributed by atoms with Gasteiger partial charge in [0.15, 0.2) is 0 Å². The van der Waals surface area contributed by atoms with Crippen molar-refractivity contribution in [2.75, 3.05) is 6.54 Å². The predicted molar refractivity (Wildman–Crippen MR) is 59.7 cm³/mol. The van der Waals surface area contributed by atoms with Crippen molar-refractivity contribution in [2.45, 2.75) is 25.4 Å². The van der Waals surface area contributed by atoms with Crippen LogP contribution in [0.3, 0.4) is 0 Å². The van der Waals surface area contributed by atoms with Crippen LogP contribution < -0.4 is 5.32 Å². The van der Waals surface area contributed by atoms with Gasteiger partial charge in [-0.3, -0.25) is 9.78 Å². The van der Waals surface area contributed by atoms with E-state index in [1.807, 2.05) is 12.1 Å². The van der Waals surface area contributed by atoms with Gasteiger partial charge in [0.2, 0.25) is 5.91 Å². The first-order valence-electron chi connectivity index (χ1n) is 5.57. The van der Waals surface area contributed by atoms with Gasteiger partial charge in [-0.2, -0.15) is 0 Å². The van der Waals surface area contributed by atoms with Crippen LogP contribution in [0.4, 0.5) is 0 Å². The fraction of sp³-hybridized carbons (Fsp3) is 0.500. The first-order valence-corrected chi connectivity index (χ1v) is 5.57. The molecule has 0 atom stereocenters. The summed E-state index contributed by atoms with van der Waals surface area (Å²) in [6.07, 6.45) is 5.24. The summed E-state index contributed by atoms with van der Waals surface area (Å²) in [5.74, 6) is 0.474. The summed E-state index contributed by atoms with van der Waals surface area (Å²) >= 11 is 0. The van der Waals surface area contributed by atoms with E-state index in [9.17, 15) is 4.79 Å². The lowest BCUT2D eigenvalue weighted by Crippen LogP contribution is -2.38. The van der Waals surface area contributed by atoms with Crippen LogP contribution in [0.2, 0.25) is 0 Å². The monoisotopic (exact) mass is 220 g/mol. The maximum Gasteiger partial charge on any atom is 0.224 e. The molecule has 0 saturated heterocycles. The number of pyridine rings is 1. The first kappa shape index (κ1) is 11.1. The molecule has 1 amide bonds. The molecule has 0 aliphatic heterocycles. The van der Waals surface area contributed by atoms with Gasteiger partial charge in [-0.05, 0) is 30.4 Å². The third-order valence-electron chi connectivity index (χ3n) is 2.89. The molecule has 4 nitrogen and oxygen atoms in total. The summed E-state index contributed by atoms with van der Waals surface area (Å²) in [5.41, 5.74) is 0.925. The minimum Gasteiger partial charge on any atom is -0.393 e. The van der Waals surface area contributed by atoms with E-state index in [4.69, 9.17) is 5.11 Å². The molecule has 1 aromatic rings. The van der Waals surface area contributed by atoms with Crippen molar-refractivity contribution in [2.24, 2.45) is 5.92 Å². The molecule has 1 aromatic heterocycles. The van der Waals surface area contributed by atoms with Crippen molar-refractivity contribution >= 4 is 5.91 Å². The first-order chi connectivity index (χ1) is 7.74. The smallest absolute Gasteiger partial charge is 0.224 e. The number of hydrogen-bond donors (Lipinski definition) is 2. The molecule has 0 radical (unpaired) electrons.